The zero-order chi connectivity index (χ0) is 25.2. The third kappa shape index (κ3) is 3.51. The van der Waals surface area contributed by atoms with Crippen LogP contribution in [0.2, 0.25) is 5.15 Å². The van der Waals surface area contributed by atoms with E-state index in [2.05, 4.69) is 15.4 Å². The number of aliphatic hydroxyl groups is 1. The molecule has 2 fully saturated rings. The van der Waals surface area contributed by atoms with Gasteiger partial charge in [0, 0.05) is 42.6 Å². The fourth-order valence-corrected chi connectivity index (χ4v) is 5.66. The number of fused-ring (bicyclic) bond motifs is 3. The molecule has 0 spiro atoms. The van der Waals surface area contributed by atoms with Gasteiger partial charge in [-0.1, -0.05) is 23.7 Å². The van der Waals surface area contributed by atoms with Crippen LogP contribution in [0.1, 0.15) is 29.6 Å². The summed E-state index contributed by atoms with van der Waals surface area (Å²) in [5.74, 6) is -1.66. The smallest absolute Gasteiger partial charge is 0.251 e. The zero-order valence-corrected chi connectivity index (χ0v) is 20.0. The molecule has 2 bridgehead atoms. The average Bonchev–Trinajstić information content (AvgIpc) is 3.59. The van der Waals surface area contributed by atoms with Crippen molar-refractivity contribution < 1.29 is 23.4 Å². The first kappa shape index (κ1) is 23.1. The minimum absolute atomic E-state index is 0.0393. The molecule has 2 unspecified atom stereocenters. The van der Waals surface area contributed by atoms with Crippen molar-refractivity contribution in [3.05, 3.63) is 65.2 Å². The summed E-state index contributed by atoms with van der Waals surface area (Å²) in [4.78, 5) is 17.6. The highest BCUT2D eigenvalue weighted by Gasteiger charge is 2.56. The molecule has 8 nitrogen and oxygen atoms in total. The fourth-order valence-electron chi connectivity index (χ4n) is 5.38. The Labute approximate surface area is 209 Å². The molecule has 1 saturated heterocycles. The molecule has 1 saturated carbocycles. The summed E-state index contributed by atoms with van der Waals surface area (Å²) >= 11 is 6.60. The van der Waals surface area contributed by atoms with Gasteiger partial charge >= 0.3 is 0 Å². The topological polar surface area (TPSA) is 93.7 Å². The number of carbonyl (C=O) groups is 1. The summed E-state index contributed by atoms with van der Waals surface area (Å²) in [6, 6.07) is 7.48. The van der Waals surface area contributed by atoms with Crippen molar-refractivity contribution in [2.24, 2.45) is 7.05 Å². The van der Waals surface area contributed by atoms with Gasteiger partial charge in [0.1, 0.15) is 22.3 Å². The number of amides is 1. The van der Waals surface area contributed by atoms with Gasteiger partial charge in [0.15, 0.2) is 0 Å². The predicted molar refractivity (Wildman–Crippen MR) is 128 cm³/mol. The largest absolute Gasteiger partial charge is 0.393 e. The van der Waals surface area contributed by atoms with Gasteiger partial charge in [0.05, 0.1) is 29.9 Å². The van der Waals surface area contributed by atoms with Crippen molar-refractivity contribution in [2.45, 2.75) is 30.4 Å². The molecule has 1 aromatic carbocycles. The number of hydrogen-bond donors (Lipinski definition) is 2. The Morgan fingerprint density at radius 2 is 2.11 bits per heavy atom. The second-order valence-corrected chi connectivity index (χ2v) is 9.96. The molecular weight excluding hydrogens is 492 g/mol. The van der Waals surface area contributed by atoms with Crippen LogP contribution in [0.3, 0.4) is 0 Å². The van der Waals surface area contributed by atoms with Crippen molar-refractivity contribution >= 4 is 23.2 Å². The van der Waals surface area contributed by atoms with Gasteiger partial charge in [0.2, 0.25) is 5.95 Å². The normalized spacial score (nSPS) is 23.0. The summed E-state index contributed by atoms with van der Waals surface area (Å²) in [5.41, 5.74) is 0.139. The number of nitrogens with zero attached hydrogens (tertiary/aromatic N) is 4. The first-order chi connectivity index (χ1) is 17.2. The summed E-state index contributed by atoms with van der Waals surface area (Å²) in [5, 5.41) is 16.6. The van der Waals surface area contributed by atoms with E-state index < -0.39 is 22.9 Å². The van der Waals surface area contributed by atoms with E-state index in [1.807, 2.05) is 0 Å². The Morgan fingerprint density at radius 1 is 1.28 bits per heavy atom. The number of hydrogen-bond acceptors (Lipinski definition) is 5. The Morgan fingerprint density at radius 3 is 2.78 bits per heavy atom. The Bertz CT molecular complexity index is 1520. The molecular formula is C25H22ClF2N5O3. The van der Waals surface area contributed by atoms with Crippen LogP contribution in [-0.2, 0) is 11.8 Å². The number of aryl methyl sites for hydroxylation is 1. The molecule has 1 aliphatic carbocycles. The second kappa shape index (κ2) is 8.09. The average molecular weight is 514 g/mol. The summed E-state index contributed by atoms with van der Waals surface area (Å²) in [7, 11) is 1.57. The molecule has 6 rings (SSSR count). The predicted octanol–water partition coefficient (Wildman–Crippen LogP) is 3.75. The highest BCUT2D eigenvalue weighted by Crippen LogP contribution is 2.47. The maximum atomic E-state index is 15.1. The van der Waals surface area contributed by atoms with Crippen LogP contribution in [-0.4, -0.2) is 54.5 Å². The van der Waals surface area contributed by atoms with Gasteiger partial charge in [-0.25, -0.2) is 9.37 Å². The number of benzene rings is 1. The lowest BCUT2D eigenvalue weighted by Crippen LogP contribution is -2.48. The number of aromatic nitrogens is 4. The first-order valence-corrected chi connectivity index (χ1v) is 11.8. The van der Waals surface area contributed by atoms with E-state index in [9.17, 15) is 14.3 Å². The summed E-state index contributed by atoms with van der Waals surface area (Å²) < 4.78 is 38.2. The Hall–Kier alpha value is -3.34. The number of imidazole rings is 1. The Kier molecular flexibility index (Phi) is 5.19. The third-order valence-corrected chi connectivity index (χ3v) is 7.56. The number of pyridine rings is 1. The Balaban J connectivity index is 1.37. The number of halogens is 3. The second-order valence-electron chi connectivity index (χ2n) is 9.61. The van der Waals surface area contributed by atoms with Crippen LogP contribution in [0, 0.1) is 11.8 Å². The fraction of sp³-hybridized carbons (Fsp3) is 0.320. The molecule has 2 N–H and O–H groups in total. The lowest BCUT2D eigenvalue weighted by molar-refractivity contribution is -0.0558. The van der Waals surface area contributed by atoms with Gasteiger partial charge in [-0.3, -0.25) is 13.9 Å². The maximum absolute atomic E-state index is 15.1. The van der Waals surface area contributed by atoms with E-state index >= 15 is 4.39 Å². The molecule has 4 aromatic rings. The van der Waals surface area contributed by atoms with Crippen molar-refractivity contribution in [3.63, 3.8) is 0 Å². The lowest BCUT2D eigenvalue weighted by Gasteiger charge is -2.28. The summed E-state index contributed by atoms with van der Waals surface area (Å²) in [6.45, 7) is 0.273. The van der Waals surface area contributed by atoms with Crippen LogP contribution < -0.4 is 5.32 Å². The highest BCUT2D eigenvalue weighted by molar-refractivity contribution is 6.32. The van der Waals surface area contributed by atoms with Crippen LogP contribution in [0.15, 0.2) is 42.7 Å². The molecule has 1 aliphatic heterocycles. The maximum Gasteiger partial charge on any atom is 0.251 e. The number of rotatable bonds is 5. The third-order valence-electron chi connectivity index (χ3n) is 7.20. The van der Waals surface area contributed by atoms with Crippen molar-refractivity contribution in [1.29, 1.82) is 0 Å². The summed E-state index contributed by atoms with van der Waals surface area (Å²) in [6.07, 6.45) is 5.02. The minimum atomic E-state index is -0.740. The molecule has 11 heteroatoms. The van der Waals surface area contributed by atoms with Crippen LogP contribution in [0.4, 0.5) is 8.78 Å². The SMILES string of the molecule is Cn1cc(-c2cccc(F)c2-c2nc3cc(C(=O)NC45CCC(CO)(C4)OC5)ccn3c2Cl)c(F)n1. The molecule has 4 heterocycles. The van der Waals surface area contributed by atoms with Gasteiger partial charge in [-0.05, 0) is 31.0 Å². The van der Waals surface area contributed by atoms with Crippen molar-refractivity contribution in [1.82, 2.24) is 24.5 Å². The van der Waals surface area contributed by atoms with E-state index in [4.69, 9.17) is 16.3 Å². The zero-order valence-electron chi connectivity index (χ0n) is 19.3. The minimum Gasteiger partial charge on any atom is -0.393 e. The lowest BCUT2D eigenvalue weighted by atomic mass is 9.98. The molecule has 2 atom stereocenters. The molecule has 186 valence electrons. The van der Waals surface area contributed by atoms with E-state index in [1.165, 1.54) is 27.4 Å². The quantitative estimate of drug-likeness (QED) is 0.424. The van der Waals surface area contributed by atoms with E-state index in [0.29, 0.717) is 30.7 Å². The molecule has 0 radical (unpaired) electrons. The van der Waals surface area contributed by atoms with Crippen LogP contribution >= 0.6 is 11.6 Å². The molecule has 1 amide bonds. The van der Waals surface area contributed by atoms with Crippen molar-refractivity contribution in [3.8, 4) is 22.4 Å². The first-order valence-electron chi connectivity index (χ1n) is 11.5. The number of ether oxygens (including phenoxy) is 1. The molecule has 2 aliphatic rings. The molecule has 36 heavy (non-hydrogen) atoms. The standard InChI is InChI=1S/C25H22ClF2N5O3/c1-32-10-16(22(28)31-32)15-3-2-4-17(27)19(15)20-21(26)33-8-5-14(9-18(33)29-20)23(35)30-24-6-7-25(11-24,12-34)36-13-24/h2-5,8-10,34H,6-7,11-13H2,1H3,(H,30,35). The number of aliphatic hydroxyl groups excluding tert-OH is 1. The van der Waals surface area contributed by atoms with Crippen LogP contribution in [0.5, 0.6) is 0 Å². The van der Waals surface area contributed by atoms with Crippen LogP contribution in [0.25, 0.3) is 28.0 Å². The van der Waals surface area contributed by atoms with E-state index in [0.717, 1.165) is 6.42 Å². The number of nitrogens with one attached hydrogen (secondary N) is 1. The monoisotopic (exact) mass is 513 g/mol. The number of carbonyl (C=O) groups excluding carboxylic acids is 1. The van der Waals surface area contributed by atoms with Gasteiger partial charge in [-0.2, -0.15) is 4.39 Å². The highest BCUT2D eigenvalue weighted by atomic mass is 35.5. The van der Waals surface area contributed by atoms with E-state index in [1.54, 1.807) is 31.4 Å². The molecule has 3 aromatic heterocycles. The van der Waals surface area contributed by atoms with Gasteiger partial charge in [-0.15, -0.1) is 5.10 Å². The van der Waals surface area contributed by atoms with Gasteiger partial charge in [0.25, 0.3) is 5.91 Å². The van der Waals surface area contributed by atoms with Gasteiger partial charge < -0.3 is 15.2 Å². The van der Waals surface area contributed by atoms with E-state index in [-0.39, 0.29) is 40.1 Å². The van der Waals surface area contributed by atoms with Crippen molar-refractivity contribution in [2.75, 3.05) is 13.2 Å².